The summed E-state index contributed by atoms with van der Waals surface area (Å²) >= 11 is 0. The molecule has 9 heteroatoms. The number of hydrogen-bond acceptors (Lipinski definition) is 5. The van der Waals surface area contributed by atoms with Crippen LogP contribution >= 0.6 is 0 Å². The van der Waals surface area contributed by atoms with Gasteiger partial charge < -0.3 is 15.4 Å². The van der Waals surface area contributed by atoms with Crippen LogP contribution in [0.25, 0.3) is 0 Å². The molecular formula is C19H20N4O5. The summed E-state index contributed by atoms with van der Waals surface area (Å²) < 4.78 is 4.77. The number of anilines is 1. The molecule has 2 rings (SSSR count). The fourth-order valence-corrected chi connectivity index (χ4v) is 2.02. The lowest BCUT2D eigenvalue weighted by atomic mass is 10.2. The first kappa shape index (κ1) is 20.4. The summed E-state index contributed by atoms with van der Waals surface area (Å²) in [5.74, 6) is -1.84. The molecule has 28 heavy (non-hydrogen) atoms. The van der Waals surface area contributed by atoms with Crippen molar-refractivity contribution < 1.29 is 23.9 Å². The number of esters is 1. The lowest BCUT2D eigenvalue weighted by Crippen LogP contribution is -2.43. The molecule has 0 aromatic heterocycles. The molecule has 0 unspecified atom stereocenters. The highest BCUT2D eigenvalue weighted by Crippen LogP contribution is 2.04. The molecule has 2 aromatic rings. The maximum absolute atomic E-state index is 11.7. The van der Waals surface area contributed by atoms with Crippen molar-refractivity contribution in [3.8, 4) is 0 Å². The molecule has 0 atom stereocenters. The van der Waals surface area contributed by atoms with Crippen LogP contribution in [0.2, 0.25) is 0 Å². The average Bonchev–Trinajstić information content (AvgIpc) is 2.71. The second kappa shape index (κ2) is 11.0. The van der Waals surface area contributed by atoms with E-state index in [9.17, 15) is 19.2 Å². The van der Waals surface area contributed by atoms with E-state index < -0.39 is 30.4 Å². The van der Waals surface area contributed by atoms with Gasteiger partial charge in [-0.25, -0.2) is 4.79 Å². The fourth-order valence-electron chi connectivity index (χ4n) is 2.02. The Hall–Kier alpha value is -3.88. The molecule has 0 radical (unpaired) electrons. The zero-order chi connectivity index (χ0) is 20.2. The molecule has 0 bridgehead atoms. The SMILES string of the molecule is O=C(COC(=O)CCNC(=O)Nc1ccccc1)NNC(=O)c1ccccc1. The first-order valence-electron chi connectivity index (χ1n) is 8.44. The van der Waals surface area contributed by atoms with Gasteiger partial charge in [0.1, 0.15) is 0 Å². The zero-order valence-corrected chi connectivity index (χ0v) is 14.9. The molecule has 0 aliphatic heterocycles. The Labute approximate surface area is 161 Å². The van der Waals surface area contributed by atoms with Gasteiger partial charge in [0.15, 0.2) is 6.61 Å². The molecule has 0 aliphatic rings. The Kier molecular flexibility index (Phi) is 8.00. The maximum Gasteiger partial charge on any atom is 0.319 e. The summed E-state index contributed by atoms with van der Waals surface area (Å²) in [6.07, 6.45) is -0.105. The molecule has 0 saturated carbocycles. The third kappa shape index (κ3) is 7.56. The van der Waals surface area contributed by atoms with Gasteiger partial charge in [0.2, 0.25) is 0 Å². The Morgan fingerprint density at radius 1 is 0.821 bits per heavy atom. The van der Waals surface area contributed by atoms with Crippen LogP contribution in [0.1, 0.15) is 16.8 Å². The summed E-state index contributed by atoms with van der Waals surface area (Å²) in [6.45, 7) is -0.506. The van der Waals surface area contributed by atoms with Gasteiger partial charge >= 0.3 is 12.0 Å². The predicted octanol–water partition coefficient (Wildman–Crippen LogP) is 1.20. The van der Waals surface area contributed by atoms with E-state index in [0.29, 0.717) is 11.3 Å². The van der Waals surface area contributed by atoms with E-state index in [1.54, 1.807) is 54.6 Å². The van der Waals surface area contributed by atoms with Crippen molar-refractivity contribution in [3.63, 3.8) is 0 Å². The third-order valence-corrected chi connectivity index (χ3v) is 3.36. The topological polar surface area (TPSA) is 126 Å². The highest BCUT2D eigenvalue weighted by Gasteiger charge is 2.10. The van der Waals surface area contributed by atoms with Gasteiger partial charge in [-0.1, -0.05) is 36.4 Å². The smallest absolute Gasteiger partial charge is 0.319 e. The van der Waals surface area contributed by atoms with E-state index in [-0.39, 0.29) is 13.0 Å². The molecule has 0 spiro atoms. The highest BCUT2D eigenvalue weighted by molar-refractivity contribution is 5.95. The number of urea groups is 1. The zero-order valence-electron chi connectivity index (χ0n) is 14.9. The minimum atomic E-state index is -0.688. The Morgan fingerprint density at radius 3 is 2.14 bits per heavy atom. The highest BCUT2D eigenvalue weighted by atomic mass is 16.5. The number of benzene rings is 2. The van der Waals surface area contributed by atoms with Crippen LogP contribution in [0.4, 0.5) is 10.5 Å². The number of rotatable bonds is 7. The second-order valence-electron chi connectivity index (χ2n) is 5.53. The normalized spacial score (nSPS) is 9.71. The standard InChI is InChI=1S/C19H20N4O5/c24-16(22-23-18(26)14-7-3-1-4-8-14)13-28-17(25)11-12-20-19(27)21-15-9-5-2-6-10-15/h1-10H,11-13H2,(H,22,24)(H,23,26)(H2,20,21,27). The maximum atomic E-state index is 11.7. The van der Waals surface area contributed by atoms with Gasteiger partial charge in [-0.2, -0.15) is 0 Å². The van der Waals surface area contributed by atoms with E-state index in [1.807, 2.05) is 6.07 Å². The number of carbonyl (C=O) groups excluding carboxylic acids is 4. The number of para-hydroxylation sites is 1. The summed E-state index contributed by atoms with van der Waals surface area (Å²) in [4.78, 5) is 46.6. The van der Waals surface area contributed by atoms with Crippen molar-refractivity contribution in [1.29, 1.82) is 0 Å². The molecule has 9 nitrogen and oxygen atoms in total. The lowest BCUT2D eigenvalue weighted by Gasteiger charge is -2.09. The van der Waals surface area contributed by atoms with Gasteiger partial charge in [0.25, 0.3) is 11.8 Å². The minimum Gasteiger partial charge on any atom is -0.455 e. The summed E-state index contributed by atoms with van der Waals surface area (Å²) in [5.41, 5.74) is 5.35. The van der Waals surface area contributed by atoms with E-state index in [0.717, 1.165) is 0 Å². The molecule has 4 amide bonds. The Bertz CT molecular complexity index is 812. The molecule has 2 aromatic carbocycles. The van der Waals surface area contributed by atoms with Crippen LogP contribution in [-0.2, 0) is 14.3 Å². The van der Waals surface area contributed by atoms with E-state index in [4.69, 9.17) is 4.74 Å². The van der Waals surface area contributed by atoms with E-state index >= 15 is 0 Å². The lowest BCUT2D eigenvalue weighted by molar-refractivity contribution is -0.148. The van der Waals surface area contributed by atoms with Gasteiger partial charge in [-0.3, -0.25) is 25.2 Å². The minimum absolute atomic E-state index is 0.0455. The van der Waals surface area contributed by atoms with Crippen LogP contribution in [0, 0.1) is 0 Å². The monoisotopic (exact) mass is 384 g/mol. The van der Waals surface area contributed by atoms with E-state index in [2.05, 4.69) is 21.5 Å². The van der Waals surface area contributed by atoms with Crippen LogP contribution in [0.15, 0.2) is 60.7 Å². The first-order valence-corrected chi connectivity index (χ1v) is 8.44. The number of nitrogens with one attached hydrogen (secondary N) is 4. The van der Waals surface area contributed by atoms with Crippen LogP contribution < -0.4 is 21.5 Å². The second-order valence-corrected chi connectivity index (χ2v) is 5.53. The number of carbonyl (C=O) groups is 4. The van der Waals surface area contributed by atoms with Crippen LogP contribution in [0.5, 0.6) is 0 Å². The Balaban J connectivity index is 1.57. The summed E-state index contributed by atoms with van der Waals surface area (Å²) in [7, 11) is 0. The van der Waals surface area contributed by atoms with Crippen LogP contribution in [0.3, 0.4) is 0 Å². The number of hydrogen-bond donors (Lipinski definition) is 4. The van der Waals surface area contributed by atoms with Gasteiger partial charge in [-0.05, 0) is 24.3 Å². The molecular weight excluding hydrogens is 364 g/mol. The van der Waals surface area contributed by atoms with Gasteiger partial charge in [0.05, 0.1) is 6.42 Å². The predicted molar refractivity (Wildman–Crippen MR) is 101 cm³/mol. The molecule has 4 N–H and O–H groups in total. The van der Waals surface area contributed by atoms with Gasteiger partial charge in [-0.15, -0.1) is 0 Å². The molecule has 0 aliphatic carbocycles. The summed E-state index contributed by atoms with van der Waals surface area (Å²) in [5, 5.41) is 5.10. The molecule has 146 valence electrons. The molecule has 0 heterocycles. The van der Waals surface area contributed by atoms with Gasteiger partial charge in [0, 0.05) is 17.8 Å². The quantitative estimate of drug-likeness (QED) is 0.422. The van der Waals surface area contributed by atoms with Crippen molar-refractivity contribution in [2.24, 2.45) is 0 Å². The fraction of sp³-hybridized carbons (Fsp3) is 0.158. The van der Waals surface area contributed by atoms with Crippen molar-refractivity contribution in [2.75, 3.05) is 18.5 Å². The van der Waals surface area contributed by atoms with Crippen LogP contribution in [-0.4, -0.2) is 37.0 Å². The van der Waals surface area contributed by atoms with Crippen molar-refractivity contribution in [2.45, 2.75) is 6.42 Å². The first-order chi connectivity index (χ1) is 13.5. The number of ether oxygens (including phenoxy) is 1. The summed E-state index contributed by atoms with van der Waals surface area (Å²) in [6, 6.07) is 16.7. The molecule has 0 saturated heterocycles. The van der Waals surface area contributed by atoms with Crippen molar-refractivity contribution in [1.82, 2.24) is 16.2 Å². The van der Waals surface area contributed by atoms with Crippen molar-refractivity contribution >= 4 is 29.5 Å². The molecule has 0 fully saturated rings. The third-order valence-electron chi connectivity index (χ3n) is 3.36. The average molecular weight is 384 g/mol. The number of amides is 4. The largest absolute Gasteiger partial charge is 0.455 e. The number of hydrazine groups is 1. The van der Waals surface area contributed by atoms with E-state index in [1.165, 1.54) is 0 Å². The Morgan fingerprint density at radius 2 is 1.46 bits per heavy atom. The van der Waals surface area contributed by atoms with Crippen molar-refractivity contribution in [3.05, 3.63) is 66.2 Å².